The van der Waals surface area contributed by atoms with Gasteiger partial charge in [-0.2, -0.15) is 0 Å². The van der Waals surface area contributed by atoms with Crippen molar-refractivity contribution in [3.63, 3.8) is 0 Å². The highest BCUT2D eigenvalue weighted by Gasteiger charge is 2.23. The van der Waals surface area contributed by atoms with Gasteiger partial charge in [-0.25, -0.2) is 4.39 Å². The molecule has 1 saturated heterocycles. The van der Waals surface area contributed by atoms with Gasteiger partial charge in [0.15, 0.2) is 0 Å². The molecule has 23 heavy (non-hydrogen) atoms. The summed E-state index contributed by atoms with van der Waals surface area (Å²) in [4.78, 5) is 16.0. The first-order chi connectivity index (χ1) is 11.2. The Morgan fingerprint density at radius 2 is 1.91 bits per heavy atom. The molecule has 1 N–H and O–H groups in total. The summed E-state index contributed by atoms with van der Waals surface area (Å²) in [5.41, 5.74) is 0.495. The molecule has 1 aromatic carbocycles. The second kappa shape index (κ2) is 7.70. The molecular weight excluding hydrogens is 311 g/mol. The zero-order chi connectivity index (χ0) is 16.1. The third-order valence-corrected chi connectivity index (χ3v) is 5.24. The van der Waals surface area contributed by atoms with E-state index in [-0.39, 0.29) is 17.8 Å². The topological polar surface area (TPSA) is 32.3 Å². The zero-order valence-electron chi connectivity index (χ0n) is 13.0. The summed E-state index contributed by atoms with van der Waals surface area (Å²) >= 11 is 1.73. The van der Waals surface area contributed by atoms with Gasteiger partial charge in [-0.1, -0.05) is 12.5 Å². The number of piperidine rings is 1. The van der Waals surface area contributed by atoms with Crippen LogP contribution in [0, 0.1) is 5.82 Å². The van der Waals surface area contributed by atoms with Gasteiger partial charge in [0.1, 0.15) is 5.82 Å². The number of likely N-dealkylation sites (tertiary alicyclic amines) is 1. The van der Waals surface area contributed by atoms with E-state index >= 15 is 0 Å². The van der Waals surface area contributed by atoms with Crippen molar-refractivity contribution < 1.29 is 9.18 Å². The Labute approximate surface area is 140 Å². The predicted octanol–water partition coefficient (Wildman–Crippen LogP) is 3.84. The number of thiophene rings is 1. The van der Waals surface area contributed by atoms with Crippen LogP contribution in [0.1, 0.15) is 40.5 Å². The first-order valence-corrected chi connectivity index (χ1v) is 8.93. The summed E-state index contributed by atoms with van der Waals surface area (Å²) < 4.78 is 13.0. The highest BCUT2D eigenvalue weighted by atomic mass is 32.1. The average molecular weight is 332 g/mol. The van der Waals surface area contributed by atoms with Crippen LogP contribution < -0.4 is 5.32 Å². The van der Waals surface area contributed by atoms with Gasteiger partial charge >= 0.3 is 0 Å². The lowest BCUT2D eigenvalue weighted by atomic mass is 10.1. The first-order valence-electron chi connectivity index (χ1n) is 8.05. The Bertz CT molecular complexity index is 621. The molecule has 3 rings (SSSR count). The van der Waals surface area contributed by atoms with Gasteiger partial charge in [-0.3, -0.25) is 9.69 Å². The van der Waals surface area contributed by atoms with Crippen LogP contribution in [-0.2, 0) is 0 Å². The standard InChI is InChI=1S/C18H21FN2OS/c19-15-8-6-14(7-9-15)18(22)20-13-16(17-5-4-12-23-17)21-10-2-1-3-11-21/h4-9,12,16H,1-3,10-11,13H2,(H,20,22). The van der Waals surface area contributed by atoms with Gasteiger partial charge in [0.25, 0.3) is 5.91 Å². The molecule has 2 heterocycles. The fraction of sp³-hybridized carbons (Fsp3) is 0.389. The van der Waals surface area contributed by atoms with Crippen LogP contribution in [0.25, 0.3) is 0 Å². The van der Waals surface area contributed by atoms with Crippen LogP contribution in [0.3, 0.4) is 0 Å². The lowest BCUT2D eigenvalue weighted by molar-refractivity contribution is 0.0925. The van der Waals surface area contributed by atoms with Crippen molar-refractivity contribution in [2.75, 3.05) is 19.6 Å². The molecular formula is C18H21FN2OS. The van der Waals surface area contributed by atoms with Gasteiger partial charge in [-0.05, 0) is 61.6 Å². The summed E-state index contributed by atoms with van der Waals surface area (Å²) in [5.74, 6) is -0.477. The maximum atomic E-state index is 13.0. The Balaban J connectivity index is 1.66. The quantitative estimate of drug-likeness (QED) is 0.902. The molecule has 1 amide bonds. The summed E-state index contributed by atoms with van der Waals surface area (Å²) in [6.07, 6.45) is 3.72. The normalized spacial score (nSPS) is 16.9. The maximum Gasteiger partial charge on any atom is 0.251 e. The molecule has 1 aromatic heterocycles. The van der Waals surface area contributed by atoms with Crippen molar-refractivity contribution in [2.24, 2.45) is 0 Å². The Morgan fingerprint density at radius 3 is 2.57 bits per heavy atom. The average Bonchev–Trinajstić information content (AvgIpc) is 3.11. The molecule has 1 aliphatic rings. The number of halogens is 1. The Morgan fingerprint density at radius 1 is 1.17 bits per heavy atom. The minimum Gasteiger partial charge on any atom is -0.350 e. The van der Waals surface area contributed by atoms with Gasteiger partial charge in [-0.15, -0.1) is 11.3 Å². The SMILES string of the molecule is O=C(NCC(c1cccs1)N1CCCCC1)c1ccc(F)cc1. The van der Waals surface area contributed by atoms with Crippen molar-refractivity contribution in [3.8, 4) is 0 Å². The summed E-state index contributed by atoms with van der Waals surface area (Å²) in [6.45, 7) is 2.74. The number of carbonyl (C=O) groups is 1. The van der Waals surface area contributed by atoms with Crippen LogP contribution in [0.2, 0.25) is 0 Å². The molecule has 1 unspecified atom stereocenters. The van der Waals surface area contributed by atoms with Crippen molar-refractivity contribution in [1.82, 2.24) is 10.2 Å². The maximum absolute atomic E-state index is 13.0. The van der Waals surface area contributed by atoms with E-state index in [9.17, 15) is 9.18 Å². The Kier molecular flexibility index (Phi) is 5.41. The van der Waals surface area contributed by atoms with Crippen LogP contribution >= 0.6 is 11.3 Å². The van der Waals surface area contributed by atoms with Gasteiger partial charge in [0.05, 0.1) is 6.04 Å². The van der Waals surface area contributed by atoms with E-state index in [1.807, 2.05) is 0 Å². The fourth-order valence-corrected chi connectivity index (χ4v) is 3.87. The smallest absolute Gasteiger partial charge is 0.251 e. The van der Waals surface area contributed by atoms with E-state index in [2.05, 4.69) is 27.7 Å². The van der Waals surface area contributed by atoms with E-state index < -0.39 is 0 Å². The van der Waals surface area contributed by atoms with Crippen molar-refractivity contribution in [1.29, 1.82) is 0 Å². The molecule has 0 saturated carbocycles. The third-order valence-electron chi connectivity index (χ3n) is 4.27. The first kappa shape index (κ1) is 16.1. The molecule has 0 bridgehead atoms. The van der Waals surface area contributed by atoms with Crippen LogP contribution in [0.4, 0.5) is 4.39 Å². The summed E-state index contributed by atoms with van der Waals surface area (Å²) in [6, 6.07) is 10.1. The predicted molar refractivity (Wildman–Crippen MR) is 91.2 cm³/mol. The minimum absolute atomic E-state index is 0.149. The van der Waals surface area contributed by atoms with E-state index in [4.69, 9.17) is 0 Å². The molecule has 3 nitrogen and oxygen atoms in total. The molecule has 122 valence electrons. The zero-order valence-corrected chi connectivity index (χ0v) is 13.8. The minimum atomic E-state index is -0.327. The van der Waals surface area contributed by atoms with Crippen LogP contribution in [0.5, 0.6) is 0 Å². The molecule has 1 fully saturated rings. The highest BCUT2D eigenvalue weighted by molar-refractivity contribution is 7.10. The number of hydrogen-bond donors (Lipinski definition) is 1. The van der Waals surface area contributed by atoms with Gasteiger partial charge in [0.2, 0.25) is 0 Å². The summed E-state index contributed by atoms with van der Waals surface area (Å²) in [5, 5.41) is 5.09. The van der Waals surface area contributed by atoms with E-state index in [0.717, 1.165) is 13.1 Å². The lowest BCUT2D eigenvalue weighted by Gasteiger charge is -2.34. The number of nitrogens with zero attached hydrogens (tertiary/aromatic N) is 1. The Hall–Kier alpha value is -1.72. The van der Waals surface area contributed by atoms with E-state index in [1.165, 1.54) is 48.4 Å². The summed E-state index contributed by atoms with van der Waals surface area (Å²) in [7, 11) is 0. The molecule has 2 aromatic rings. The number of rotatable bonds is 5. The van der Waals surface area contributed by atoms with Gasteiger partial charge in [0, 0.05) is 17.0 Å². The van der Waals surface area contributed by atoms with E-state index in [0.29, 0.717) is 12.1 Å². The second-order valence-electron chi connectivity index (χ2n) is 5.84. The molecule has 0 radical (unpaired) electrons. The molecule has 1 atom stereocenters. The second-order valence-corrected chi connectivity index (χ2v) is 6.82. The van der Waals surface area contributed by atoms with Crippen LogP contribution in [-0.4, -0.2) is 30.4 Å². The number of amides is 1. The largest absolute Gasteiger partial charge is 0.350 e. The van der Waals surface area contributed by atoms with Gasteiger partial charge < -0.3 is 5.32 Å². The molecule has 0 spiro atoms. The third kappa shape index (κ3) is 4.18. The van der Waals surface area contributed by atoms with E-state index in [1.54, 1.807) is 11.3 Å². The molecule has 5 heteroatoms. The van der Waals surface area contributed by atoms with Crippen molar-refractivity contribution in [2.45, 2.75) is 25.3 Å². The fourth-order valence-electron chi connectivity index (χ4n) is 3.01. The molecule has 0 aliphatic carbocycles. The number of benzene rings is 1. The van der Waals surface area contributed by atoms with Crippen molar-refractivity contribution >= 4 is 17.2 Å². The monoisotopic (exact) mass is 332 g/mol. The number of hydrogen-bond acceptors (Lipinski definition) is 3. The number of nitrogens with one attached hydrogen (secondary N) is 1. The highest BCUT2D eigenvalue weighted by Crippen LogP contribution is 2.27. The van der Waals surface area contributed by atoms with Crippen molar-refractivity contribution in [3.05, 3.63) is 58.0 Å². The molecule has 1 aliphatic heterocycles. The number of carbonyl (C=O) groups excluding carboxylic acids is 1. The lowest BCUT2D eigenvalue weighted by Crippen LogP contribution is -2.40. The van der Waals surface area contributed by atoms with Crippen LogP contribution in [0.15, 0.2) is 41.8 Å².